The van der Waals surface area contributed by atoms with Crippen LogP contribution in [0.4, 0.5) is 21.8 Å². The highest BCUT2D eigenvalue weighted by Gasteiger charge is 2.31. The summed E-state index contributed by atoms with van der Waals surface area (Å²) < 4.78 is 13.2. The van der Waals surface area contributed by atoms with Crippen molar-refractivity contribution in [1.82, 2.24) is 25.1 Å². The molecule has 0 saturated heterocycles. The number of carbonyl (C=O) groups is 2. The first-order valence-corrected chi connectivity index (χ1v) is 13.2. The van der Waals surface area contributed by atoms with Crippen molar-refractivity contribution >= 4 is 29.3 Å². The molecule has 2 aliphatic rings. The fraction of sp³-hybridized carbons (Fsp3) is 0.448. The highest BCUT2D eigenvalue weighted by Crippen LogP contribution is 2.29. The van der Waals surface area contributed by atoms with Crippen LogP contribution in [-0.2, 0) is 9.59 Å². The number of rotatable bonds is 10. The van der Waals surface area contributed by atoms with E-state index in [1.54, 1.807) is 38.4 Å². The van der Waals surface area contributed by atoms with Crippen LogP contribution in [0.25, 0.3) is 0 Å². The molecule has 2 amide bonds. The van der Waals surface area contributed by atoms with E-state index in [1.165, 1.54) is 23.1 Å². The summed E-state index contributed by atoms with van der Waals surface area (Å²) in [6.45, 7) is 2.39. The summed E-state index contributed by atoms with van der Waals surface area (Å²) >= 11 is 0. The van der Waals surface area contributed by atoms with Crippen molar-refractivity contribution < 1.29 is 14.0 Å². The molecular formula is C29H36FN7O2. The van der Waals surface area contributed by atoms with Gasteiger partial charge in [0, 0.05) is 43.4 Å². The van der Waals surface area contributed by atoms with Gasteiger partial charge >= 0.3 is 0 Å². The van der Waals surface area contributed by atoms with Gasteiger partial charge in [-0.3, -0.25) is 9.59 Å². The SMILES string of the molecule is C[C@@H](C(=O)N[C@H]1C[C@@H](C#Cc2cnc(Nc3ccc(F)cc3)nc2NC2CC2)C1)N(C)C(=O)/C=C/CN(C)C. The zero-order chi connectivity index (χ0) is 27.9. The van der Waals surface area contributed by atoms with Gasteiger partial charge in [0.05, 0.1) is 11.8 Å². The normalized spacial score (nSPS) is 19.0. The van der Waals surface area contributed by atoms with E-state index >= 15 is 0 Å². The lowest BCUT2D eigenvalue weighted by Gasteiger charge is -2.34. The standard InChI is InChI=1S/C29H36FN7O2/c1-19(37(4)26(38)6-5-15-36(2)3)28(39)33-25-16-20(17-25)7-8-21-18-31-29(35-27(21)32-23-13-14-23)34-24-11-9-22(30)10-12-24/h5-6,9-12,18-20,23,25H,13-17H2,1-4H3,(H,33,39)(H2,31,32,34,35)/b6-5+/t19-,20-,25+/m0/s1. The van der Waals surface area contributed by atoms with Gasteiger partial charge in [-0.05, 0) is 71.0 Å². The molecule has 0 radical (unpaired) electrons. The number of likely N-dealkylation sites (N-methyl/N-ethyl adjacent to an activating group) is 2. The van der Waals surface area contributed by atoms with Gasteiger partial charge in [-0.2, -0.15) is 4.98 Å². The number of hydrogen-bond acceptors (Lipinski definition) is 7. The maximum atomic E-state index is 13.2. The number of nitrogens with zero attached hydrogens (tertiary/aromatic N) is 4. The van der Waals surface area contributed by atoms with Gasteiger partial charge < -0.3 is 25.8 Å². The average molecular weight is 534 g/mol. The summed E-state index contributed by atoms with van der Waals surface area (Å²) in [5.74, 6) is 7.07. The van der Waals surface area contributed by atoms with E-state index in [0.717, 1.165) is 31.2 Å². The minimum atomic E-state index is -0.568. The summed E-state index contributed by atoms with van der Waals surface area (Å²) in [6.07, 6.45) is 8.66. The fourth-order valence-corrected chi connectivity index (χ4v) is 3.93. The van der Waals surface area contributed by atoms with Crippen molar-refractivity contribution in [3.05, 3.63) is 54.0 Å². The van der Waals surface area contributed by atoms with Gasteiger partial charge in [0.15, 0.2) is 0 Å². The molecule has 9 nitrogen and oxygen atoms in total. The third-order valence-corrected chi connectivity index (χ3v) is 6.74. The first-order valence-electron chi connectivity index (χ1n) is 13.2. The number of amides is 2. The van der Waals surface area contributed by atoms with Gasteiger partial charge in [-0.1, -0.05) is 17.9 Å². The number of nitrogens with one attached hydrogen (secondary N) is 3. The van der Waals surface area contributed by atoms with E-state index in [4.69, 9.17) is 0 Å². The van der Waals surface area contributed by atoms with Crippen molar-refractivity contribution in [2.75, 3.05) is 38.3 Å². The quantitative estimate of drug-likeness (QED) is 0.319. The molecule has 1 heterocycles. The Balaban J connectivity index is 1.29. The molecule has 0 aliphatic heterocycles. The number of halogens is 1. The van der Waals surface area contributed by atoms with Crippen LogP contribution in [0.15, 0.2) is 42.6 Å². The molecule has 1 atom stereocenters. The predicted octanol–water partition coefficient (Wildman–Crippen LogP) is 3.14. The third kappa shape index (κ3) is 8.26. The molecule has 0 unspecified atom stereocenters. The number of benzene rings is 1. The van der Waals surface area contributed by atoms with Gasteiger partial charge in [0.25, 0.3) is 0 Å². The maximum absolute atomic E-state index is 13.2. The Bertz CT molecular complexity index is 1260. The second-order valence-corrected chi connectivity index (χ2v) is 10.4. The van der Waals surface area contributed by atoms with Crippen LogP contribution in [0.2, 0.25) is 0 Å². The second kappa shape index (κ2) is 12.7. The molecule has 2 saturated carbocycles. The molecule has 1 aromatic heterocycles. The van der Waals surface area contributed by atoms with Crippen LogP contribution in [0.5, 0.6) is 0 Å². The van der Waals surface area contributed by atoms with Gasteiger partial charge in [-0.15, -0.1) is 0 Å². The number of carbonyl (C=O) groups excluding carboxylic acids is 2. The Kier molecular flexibility index (Phi) is 9.15. The highest BCUT2D eigenvalue weighted by atomic mass is 19.1. The van der Waals surface area contributed by atoms with Crippen LogP contribution >= 0.6 is 0 Å². The second-order valence-electron chi connectivity index (χ2n) is 10.4. The first kappa shape index (κ1) is 28.0. The Morgan fingerprint density at radius 3 is 2.54 bits per heavy atom. The Hall–Kier alpha value is -3.97. The predicted molar refractivity (Wildman–Crippen MR) is 150 cm³/mol. The molecule has 0 bridgehead atoms. The summed E-state index contributed by atoms with van der Waals surface area (Å²) in [5.41, 5.74) is 1.41. The largest absolute Gasteiger partial charge is 0.366 e. The van der Waals surface area contributed by atoms with Gasteiger partial charge in [0.2, 0.25) is 17.8 Å². The molecule has 10 heteroatoms. The van der Waals surface area contributed by atoms with E-state index in [2.05, 4.69) is 37.8 Å². The van der Waals surface area contributed by atoms with Crippen LogP contribution < -0.4 is 16.0 Å². The lowest BCUT2D eigenvalue weighted by Crippen LogP contribution is -2.51. The van der Waals surface area contributed by atoms with Gasteiger partial charge in [-0.25, -0.2) is 9.37 Å². The van der Waals surface area contributed by atoms with Crippen LogP contribution in [-0.4, -0.2) is 77.4 Å². The molecule has 39 heavy (non-hydrogen) atoms. The molecule has 2 aromatic rings. The van der Waals surface area contributed by atoms with Crippen LogP contribution in [0, 0.1) is 23.6 Å². The molecular weight excluding hydrogens is 497 g/mol. The van der Waals surface area contributed by atoms with E-state index < -0.39 is 6.04 Å². The van der Waals surface area contributed by atoms with E-state index in [9.17, 15) is 14.0 Å². The average Bonchev–Trinajstić information content (AvgIpc) is 3.70. The van der Waals surface area contributed by atoms with Crippen molar-refractivity contribution in [3.8, 4) is 11.8 Å². The van der Waals surface area contributed by atoms with Crippen molar-refractivity contribution in [2.24, 2.45) is 5.92 Å². The highest BCUT2D eigenvalue weighted by molar-refractivity contribution is 5.92. The monoisotopic (exact) mass is 533 g/mol. The van der Waals surface area contributed by atoms with Gasteiger partial charge in [0.1, 0.15) is 17.7 Å². The molecule has 3 N–H and O–H groups in total. The first-order chi connectivity index (χ1) is 18.7. The summed E-state index contributed by atoms with van der Waals surface area (Å²) in [4.78, 5) is 37.4. The Labute approximate surface area is 229 Å². The topological polar surface area (TPSA) is 102 Å². The Morgan fingerprint density at radius 2 is 1.87 bits per heavy atom. The molecule has 2 aliphatic carbocycles. The molecule has 0 spiro atoms. The van der Waals surface area contributed by atoms with E-state index in [0.29, 0.717) is 30.0 Å². The summed E-state index contributed by atoms with van der Waals surface area (Å²) in [7, 11) is 5.49. The van der Waals surface area contributed by atoms with Crippen LogP contribution in [0.3, 0.4) is 0 Å². The maximum Gasteiger partial charge on any atom is 0.246 e. The minimum absolute atomic E-state index is 0.0367. The van der Waals surface area contributed by atoms with Crippen LogP contribution in [0.1, 0.15) is 38.2 Å². The van der Waals surface area contributed by atoms with Crippen molar-refractivity contribution in [3.63, 3.8) is 0 Å². The summed E-state index contributed by atoms with van der Waals surface area (Å²) in [6, 6.07) is 5.87. The lowest BCUT2D eigenvalue weighted by atomic mass is 9.80. The molecule has 4 rings (SSSR count). The fourth-order valence-electron chi connectivity index (χ4n) is 3.93. The zero-order valence-corrected chi connectivity index (χ0v) is 22.9. The van der Waals surface area contributed by atoms with Crippen molar-refractivity contribution in [1.29, 1.82) is 0 Å². The zero-order valence-electron chi connectivity index (χ0n) is 22.9. The number of aromatic nitrogens is 2. The summed E-state index contributed by atoms with van der Waals surface area (Å²) in [5, 5.41) is 9.54. The third-order valence-electron chi connectivity index (χ3n) is 6.74. The van der Waals surface area contributed by atoms with E-state index in [1.807, 2.05) is 19.0 Å². The molecule has 206 valence electrons. The lowest BCUT2D eigenvalue weighted by molar-refractivity contribution is -0.135. The Morgan fingerprint density at radius 1 is 1.15 bits per heavy atom. The number of hydrogen-bond donors (Lipinski definition) is 3. The number of anilines is 3. The smallest absolute Gasteiger partial charge is 0.246 e. The van der Waals surface area contributed by atoms with Crippen molar-refractivity contribution in [2.45, 2.75) is 50.7 Å². The minimum Gasteiger partial charge on any atom is -0.366 e. The van der Waals surface area contributed by atoms with E-state index in [-0.39, 0.29) is 29.6 Å². The molecule has 2 fully saturated rings. The molecule has 1 aromatic carbocycles.